The summed E-state index contributed by atoms with van der Waals surface area (Å²) in [6, 6.07) is 10.7. The van der Waals surface area contributed by atoms with Crippen LogP contribution >= 0.6 is 38.5 Å². The van der Waals surface area contributed by atoms with Crippen molar-refractivity contribution >= 4 is 61.6 Å². The molecule has 2 aromatic carbocycles. The number of anilines is 3. The van der Waals surface area contributed by atoms with Gasteiger partial charge >= 0.3 is 5.97 Å². The number of nitrogens with two attached hydrogens (primary N) is 1. The van der Waals surface area contributed by atoms with Gasteiger partial charge in [0.05, 0.1) is 22.6 Å². The number of carboxylic acid groups (broad SMARTS) is 1. The molecule has 19 heavy (non-hydrogen) atoms. The molecule has 0 aliphatic heterocycles. The number of nitrogens with one attached hydrogen (secondary N) is 1. The summed E-state index contributed by atoms with van der Waals surface area (Å²) in [6.45, 7) is 0. The van der Waals surface area contributed by atoms with Gasteiger partial charge in [0, 0.05) is 8.04 Å². The van der Waals surface area contributed by atoms with Crippen molar-refractivity contribution in [1.82, 2.24) is 0 Å². The number of para-hydroxylation sites is 1. The zero-order chi connectivity index (χ0) is 14.0. The van der Waals surface area contributed by atoms with E-state index in [9.17, 15) is 4.79 Å². The highest BCUT2D eigenvalue weighted by Crippen LogP contribution is 2.31. The Morgan fingerprint density at radius 2 is 2.00 bits per heavy atom. The van der Waals surface area contributed by atoms with Gasteiger partial charge in [0.25, 0.3) is 0 Å². The van der Waals surface area contributed by atoms with Crippen molar-refractivity contribution in [3.63, 3.8) is 0 Å². The van der Waals surface area contributed by atoms with Crippen LogP contribution in [0.3, 0.4) is 0 Å². The van der Waals surface area contributed by atoms with E-state index in [1.54, 1.807) is 12.1 Å². The lowest BCUT2D eigenvalue weighted by Gasteiger charge is -2.12. The summed E-state index contributed by atoms with van der Waals surface area (Å²) in [5.41, 5.74) is 7.58. The topological polar surface area (TPSA) is 75.3 Å². The molecule has 0 aromatic heterocycles. The minimum atomic E-state index is -1.04. The third-order valence-corrected chi connectivity index (χ3v) is 3.90. The minimum Gasteiger partial charge on any atom is -0.478 e. The van der Waals surface area contributed by atoms with Gasteiger partial charge in [-0.2, -0.15) is 0 Å². The second-order valence-corrected chi connectivity index (χ2v) is 5.92. The smallest absolute Gasteiger partial charge is 0.337 e. The Balaban J connectivity index is 2.41. The van der Waals surface area contributed by atoms with Gasteiger partial charge in [-0.1, -0.05) is 6.07 Å². The molecule has 0 saturated carbocycles. The molecule has 0 aliphatic carbocycles. The lowest BCUT2D eigenvalue weighted by atomic mass is 10.1. The van der Waals surface area contributed by atoms with Crippen molar-refractivity contribution in [2.45, 2.75) is 0 Å². The van der Waals surface area contributed by atoms with Gasteiger partial charge < -0.3 is 16.2 Å². The Hall–Kier alpha value is -1.28. The number of benzene rings is 2. The molecule has 0 unspecified atom stereocenters. The van der Waals surface area contributed by atoms with Crippen LogP contribution in [0.1, 0.15) is 10.4 Å². The maximum Gasteiger partial charge on any atom is 0.337 e. The molecule has 4 nitrogen and oxygen atoms in total. The van der Waals surface area contributed by atoms with Gasteiger partial charge in [-0.3, -0.25) is 0 Å². The summed E-state index contributed by atoms with van der Waals surface area (Å²) in [5, 5.41) is 12.2. The van der Waals surface area contributed by atoms with Crippen LogP contribution in [-0.2, 0) is 0 Å². The number of carboxylic acids is 1. The highest BCUT2D eigenvalue weighted by atomic mass is 127. The summed E-state index contributed by atoms with van der Waals surface area (Å²) in [6.07, 6.45) is 0. The summed E-state index contributed by atoms with van der Waals surface area (Å²) in [7, 11) is 0. The third-order valence-electron chi connectivity index (χ3n) is 2.53. The van der Waals surface area contributed by atoms with E-state index in [4.69, 9.17) is 10.8 Å². The predicted molar refractivity (Wildman–Crippen MR) is 88.0 cm³/mol. The predicted octanol–water partition coefficient (Wildman–Crippen LogP) is 4.08. The monoisotopic (exact) mass is 432 g/mol. The van der Waals surface area contributed by atoms with Crippen molar-refractivity contribution in [3.8, 4) is 0 Å². The molecule has 0 saturated heterocycles. The number of rotatable bonds is 3. The molecule has 0 atom stereocenters. The summed E-state index contributed by atoms with van der Waals surface area (Å²) in [5.74, 6) is -1.04. The standard InChI is InChI=1S/C13H10BrIN2O2/c14-9-5-4-7(15)6-11(9)17-10-3-1-2-8(12(10)16)13(18)19/h1-6,17H,16H2,(H,18,19). The van der Waals surface area contributed by atoms with E-state index in [2.05, 4.69) is 43.8 Å². The largest absolute Gasteiger partial charge is 0.478 e. The molecule has 0 bridgehead atoms. The van der Waals surface area contributed by atoms with E-state index < -0.39 is 5.97 Å². The molecule has 6 heteroatoms. The van der Waals surface area contributed by atoms with Crippen LogP contribution in [-0.4, -0.2) is 11.1 Å². The first kappa shape index (κ1) is 14.1. The average Bonchev–Trinajstić information content (AvgIpc) is 2.36. The molecule has 0 fully saturated rings. The fraction of sp³-hybridized carbons (Fsp3) is 0. The Labute approximate surface area is 132 Å². The van der Waals surface area contributed by atoms with Crippen molar-refractivity contribution in [3.05, 3.63) is 50.0 Å². The van der Waals surface area contributed by atoms with E-state index in [0.717, 1.165) is 13.7 Å². The quantitative estimate of drug-likeness (QED) is 0.504. The molecule has 2 rings (SSSR count). The van der Waals surface area contributed by atoms with Crippen molar-refractivity contribution in [2.75, 3.05) is 11.1 Å². The molecule has 0 heterocycles. The summed E-state index contributed by atoms with van der Waals surface area (Å²) >= 11 is 5.64. The van der Waals surface area contributed by atoms with Crippen LogP contribution < -0.4 is 11.1 Å². The average molecular weight is 433 g/mol. The normalized spacial score (nSPS) is 10.2. The Morgan fingerprint density at radius 3 is 2.68 bits per heavy atom. The Bertz CT molecular complexity index is 647. The molecular weight excluding hydrogens is 423 g/mol. The zero-order valence-corrected chi connectivity index (χ0v) is 13.4. The highest BCUT2D eigenvalue weighted by Gasteiger charge is 2.11. The van der Waals surface area contributed by atoms with Crippen molar-refractivity contribution < 1.29 is 9.90 Å². The fourth-order valence-electron chi connectivity index (χ4n) is 1.60. The molecule has 98 valence electrons. The summed E-state index contributed by atoms with van der Waals surface area (Å²) in [4.78, 5) is 11.0. The zero-order valence-electron chi connectivity index (χ0n) is 9.65. The number of nitrogen functional groups attached to an aromatic ring is 1. The van der Waals surface area contributed by atoms with Gasteiger partial charge in [-0.05, 0) is 68.9 Å². The number of hydrogen-bond acceptors (Lipinski definition) is 3. The van der Waals surface area contributed by atoms with Crippen LogP contribution in [0.15, 0.2) is 40.9 Å². The van der Waals surface area contributed by atoms with Gasteiger partial charge in [0.15, 0.2) is 0 Å². The first-order chi connectivity index (χ1) is 8.99. The van der Waals surface area contributed by atoms with Gasteiger partial charge in [-0.25, -0.2) is 4.79 Å². The minimum absolute atomic E-state index is 0.0896. The second-order valence-electron chi connectivity index (χ2n) is 3.82. The molecule has 0 aliphatic rings. The maximum atomic E-state index is 11.0. The first-order valence-electron chi connectivity index (χ1n) is 5.33. The number of halogens is 2. The Morgan fingerprint density at radius 1 is 1.26 bits per heavy atom. The molecule has 4 N–H and O–H groups in total. The molecule has 0 spiro atoms. The Kier molecular flexibility index (Phi) is 4.31. The van der Waals surface area contributed by atoms with E-state index >= 15 is 0 Å². The SMILES string of the molecule is Nc1c(Nc2cc(I)ccc2Br)cccc1C(=O)O. The van der Waals surface area contributed by atoms with E-state index in [0.29, 0.717) is 5.69 Å². The van der Waals surface area contributed by atoms with Crippen LogP contribution in [0, 0.1) is 3.57 Å². The van der Waals surface area contributed by atoms with Gasteiger partial charge in [0.1, 0.15) is 0 Å². The van der Waals surface area contributed by atoms with Gasteiger partial charge in [-0.15, -0.1) is 0 Å². The number of carbonyl (C=O) groups is 1. The lowest BCUT2D eigenvalue weighted by molar-refractivity contribution is 0.0698. The van der Waals surface area contributed by atoms with Gasteiger partial charge in [0.2, 0.25) is 0 Å². The van der Waals surface area contributed by atoms with E-state index in [1.165, 1.54) is 6.07 Å². The fourth-order valence-corrected chi connectivity index (χ4v) is 2.44. The second kappa shape index (κ2) is 5.79. The molecule has 0 radical (unpaired) electrons. The van der Waals surface area contributed by atoms with Crippen LogP contribution in [0.25, 0.3) is 0 Å². The lowest BCUT2D eigenvalue weighted by Crippen LogP contribution is -2.05. The number of aromatic carboxylic acids is 1. The van der Waals surface area contributed by atoms with Crippen LogP contribution in [0.4, 0.5) is 17.1 Å². The summed E-state index contributed by atoms with van der Waals surface area (Å²) < 4.78 is 1.95. The van der Waals surface area contributed by atoms with Crippen molar-refractivity contribution in [2.24, 2.45) is 0 Å². The highest BCUT2D eigenvalue weighted by molar-refractivity contribution is 14.1. The molecule has 2 aromatic rings. The van der Waals surface area contributed by atoms with E-state index in [1.807, 2.05) is 18.2 Å². The first-order valence-corrected chi connectivity index (χ1v) is 7.20. The maximum absolute atomic E-state index is 11.0. The third kappa shape index (κ3) is 3.19. The van der Waals surface area contributed by atoms with Crippen LogP contribution in [0.2, 0.25) is 0 Å². The van der Waals surface area contributed by atoms with Crippen molar-refractivity contribution in [1.29, 1.82) is 0 Å². The van der Waals surface area contributed by atoms with E-state index in [-0.39, 0.29) is 11.3 Å². The van der Waals surface area contributed by atoms with Crippen LogP contribution in [0.5, 0.6) is 0 Å². The molecule has 0 amide bonds. The number of hydrogen-bond donors (Lipinski definition) is 3. The molecular formula is C13H10BrIN2O2.